The van der Waals surface area contributed by atoms with Crippen LogP contribution in [0.2, 0.25) is 0 Å². The Morgan fingerprint density at radius 2 is 1.72 bits per heavy atom. The van der Waals surface area contributed by atoms with Crippen molar-refractivity contribution in [2.75, 3.05) is 26.2 Å². The molecule has 0 bridgehead atoms. The van der Waals surface area contributed by atoms with Crippen molar-refractivity contribution in [2.45, 2.75) is 26.3 Å². The summed E-state index contributed by atoms with van der Waals surface area (Å²) in [6.45, 7) is 6.77. The number of non-ortho nitro benzene ring substituents is 1. The van der Waals surface area contributed by atoms with Crippen molar-refractivity contribution in [2.24, 2.45) is 0 Å². The van der Waals surface area contributed by atoms with E-state index in [0.29, 0.717) is 36.9 Å². The Hall–Kier alpha value is -3.59. The van der Waals surface area contributed by atoms with Crippen LogP contribution in [0.15, 0.2) is 52.9 Å². The summed E-state index contributed by atoms with van der Waals surface area (Å²) in [7, 11) is 0. The molecule has 1 atom stereocenters. The first-order chi connectivity index (χ1) is 15.4. The van der Waals surface area contributed by atoms with Gasteiger partial charge in [-0.1, -0.05) is 29.8 Å². The largest absolute Gasteiger partial charge is 0.419 e. The molecule has 4 rings (SSSR count). The molecule has 0 N–H and O–H groups in total. The highest BCUT2D eigenvalue weighted by molar-refractivity contribution is 5.78. The maximum absolute atomic E-state index is 12.6. The standard InChI is InChI=1S/C23H25N5O4/c1-16-3-5-18(6-4-16)15-21(29)27-13-11-26(12-14-27)17(2)22-24-25-23(32-22)19-7-9-20(10-8-19)28(30)31/h3-10,17H,11-15H2,1-2H3. The van der Waals surface area contributed by atoms with Gasteiger partial charge in [-0.15, -0.1) is 10.2 Å². The number of hydrogen-bond donors (Lipinski definition) is 0. The first-order valence-electron chi connectivity index (χ1n) is 10.6. The number of piperazine rings is 1. The minimum atomic E-state index is -0.448. The third-order valence-corrected chi connectivity index (χ3v) is 5.81. The lowest BCUT2D eigenvalue weighted by molar-refractivity contribution is -0.384. The van der Waals surface area contributed by atoms with E-state index in [1.165, 1.54) is 17.7 Å². The number of nitrogens with zero attached hydrogens (tertiary/aromatic N) is 5. The highest BCUT2D eigenvalue weighted by Crippen LogP contribution is 2.26. The van der Waals surface area contributed by atoms with E-state index in [0.717, 1.165) is 18.7 Å². The highest BCUT2D eigenvalue weighted by Gasteiger charge is 2.27. The van der Waals surface area contributed by atoms with Gasteiger partial charge in [-0.3, -0.25) is 19.8 Å². The molecule has 0 radical (unpaired) electrons. The van der Waals surface area contributed by atoms with Crippen molar-refractivity contribution in [1.29, 1.82) is 0 Å². The topological polar surface area (TPSA) is 106 Å². The summed E-state index contributed by atoms with van der Waals surface area (Å²) in [4.78, 5) is 27.1. The molecule has 0 spiro atoms. The summed E-state index contributed by atoms with van der Waals surface area (Å²) < 4.78 is 5.83. The lowest BCUT2D eigenvalue weighted by Gasteiger charge is -2.37. The summed E-state index contributed by atoms with van der Waals surface area (Å²) >= 11 is 0. The van der Waals surface area contributed by atoms with E-state index in [4.69, 9.17) is 4.42 Å². The van der Waals surface area contributed by atoms with E-state index < -0.39 is 4.92 Å². The number of aromatic nitrogens is 2. The Labute approximate surface area is 185 Å². The molecule has 0 saturated carbocycles. The second-order valence-electron chi connectivity index (χ2n) is 8.00. The van der Waals surface area contributed by atoms with E-state index in [1.807, 2.05) is 43.0 Å². The Morgan fingerprint density at radius 3 is 2.34 bits per heavy atom. The van der Waals surface area contributed by atoms with Crippen LogP contribution < -0.4 is 0 Å². The summed E-state index contributed by atoms with van der Waals surface area (Å²) in [5.41, 5.74) is 2.85. The Bertz CT molecular complexity index is 1090. The van der Waals surface area contributed by atoms with Gasteiger partial charge in [0.05, 0.1) is 17.4 Å². The molecule has 2 aromatic carbocycles. The fourth-order valence-electron chi connectivity index (χ4n) is 3.75. The maximum Gasteiger partial charge on any atom is 0.269 e. The molecule has 9 nitrogen and oxygen atoms in total. The molecule has 32 heavy (non-hydrogen) atoms. The number of aryl methyl sites for hydroxylation is 1. The number of benzene rings is 2. The molecule has 2 heterocycles. The number of amides is 1. The van der Waals surface area contributed by atoms with Crippen molar-refractivity contribution in [1.82, 2.24) is 20.0 Å². The van der Waals surface area contributed by atoms with Gasteiger partial charge in [-0.05, 0) is 31.5 Å². The van der Waals surface area contributed by atoms with Gasteiger partial charge in [0.2, 0.25) is 17.7 Å². The molecule has 166 valence electrons. The number of carbonyl (C=O) groups is 1. The molecule has 9 heteroatoms. The zero-order chi connectivity index (χ0) is 22.7. The van der Waals surface area contributed by atoms with Crippen molar-refractivity contribution < 1.29 is 14.1 Å². The molecular weight excluding hydrogens is 410 g/mol. The van der Waals surface area contributed by atoms with Crippen LogP contribution in [0.25, 0.3) is 11.5 Å². The van der Waals surface area contributed by atoms with Crippen LogP contribution in [0.5, 0.6) is 0 Å². The van der Waals surface area contributed by atoms with E-state index in [1.54, 1.807) is 12.1 Å². The van der Waals surface area contributed by atoms with Crippen molar-refractivity contribution in [3.8, 4) is 11.5 Å². The predicted octanol–water partition coefficient (Wildman–Crippen LogP) is 3.40. The Kier molecular flexibility index (Phi) is 6.27. The normalized spacial score (nSPS) is 15.5. The second-order valence-corrected chi connectivity index (χ2v) is 8.00. The van der Waals surface area contributed by atoms with Crippen LogP contribution in [0.1, 0.15) is 30.0 Å². The third-order valence-electron chi connectivity index (χ3n) is 5.81. The summed E-state index contributed by atoms with van der Waals surface area (Å²) in [6.07, 6.45) is 0.415. The van der Waals surface area contributed by atoms with E-state index in [-0.39, 0.29) is 17.6 Å². The average molecular weight is 435 g/mol. The average Bonchev–Trinajstić information content (AvgIpc) is 3.30. The molecular formula is C23H25N5O4. The zero-order valence-electron chi connectivity index (χ0n) is 18.1. The lowest BCUT2D eigenvalue weighted by atomic mass is 10.1. The number of hydrogen-bond acceptors (Lipinski definition) is 7. The van der Waals surface area contributed by atoms with E-state index in [9.17, 15) is 14.9 Å². The van der Waals surface area contributed by atoms with E-state index >= 15 is 0 Å². The van der Waals surface area contributed by atoms with Crippen molar-refractivity contribution in [3.05, 3.63) is 75.7 Å². The van der Waals surface area contributed by atoms with Gasteiger partial charge in [0.1, 0.15) is 0 Å². The monoisotopic (exact) mass is 435 g/mol. The van der Waals surface area contributed by atoms with Gasteiger partial charge in [-0.25, -0.2) is 0 Å². The molecule has 0 aliphatic carbocycles. The quantitative estimate of drug-likeness (QED) is 0.431. The van der Waals surface area contributed by atoms with Crippen LogP contribution in [-0.2, 0) is 11.2 Å². The first kappa shape index (κ1) is 21.6. The minimum absolute atomic E-state index is 0.0108. The number of rotatable bonds is 6. The van der Waals surface area contributed by atoms with Crippen LogP contribution in [0.3, 0.4) is 0 Å². The Morgan fingerprint density at radius 1 is 1.06 bits per heavy atom. The summed E-state index contributed by atoms with van der Waals surface area (Å²) in [6, 6.07) is 14.0. The zero-order valence-corrected chi connectivity index (χ0v) is 18.1. The van der Waals surface area contributed by atoms with Crippen LogP contribution in [-0.4, -0.2) is 57.0 Å². The fraction of sp³-hybridized carbons (Fsp3) is 0.348. The number of nitro benzene ring substituents is 1. The Balaban J connectivity index is 1.33. The molecule has 1 aromatic heterocycles. The lowest BCUT2D eigenvalue weighted by Crippen LogP contribution is -2.49. The summed E-state index contributed by atoms with van der Waals surface area (Å²) in [5.74, 6) is 0.950. The molecule has 1 aliphatic rings. The van der Waals surface area contributed by atoms with Gasteiger partial charge in [0.25, 0.3) is 5.69 Å². The van der Waals surface area contributed by atoms with Crippen molar-refractivity contribution in [3.63, 3.8) is 0 Å². The molecule has 3 aromatic rings. The molecule has 1 saturated heterocycles. The van der Waals surface area contributed by atoms with Gasteiger partial charge >= 0.3 is 0 Å². The number of carbonyl (C=O) groups excluding carboxylic acids is 1. The molecule has 1 fully saturated rings. The summed E-state index contributed by atoms with van der Waals surface area (Å²) in [5, 5.41) is 19.1. The first-order valence-corrected chi connectivity index (χ1v) is 10.6. The number of nitro groups is 1. The van der Waals surface area contributed by atoms with E-state index in [2.05, 4.69) is 15.1 Å². The predicted molar refractivity (Wildman–Crippen MR) is 118 cm³/mol. The van der Waals surface area contributed by atoms with Crippen LogP contribution >= 0.6 is 0 Å². The SMILES string of the molecule is Cc1ccc(CC(=O)N2CCN(C(C)c3nnc(-c4ccc([N+](=O)[O-])cc4)o3)CC2)cc1. The van der Waals surface area contributed by atoms with Gasteiger partial charge in [-0.2, -0.15) is 0 Å². The maximum atomic E-state index is 12.6. The van der Waals surface area contributed by atoms with Crippen LogP contribution in [0, 0.1) is 17.0 Å². The third kappa shape index (κ3) is 4.83. The minimum Gasteiger partial charge on any atom is -0.419 e. The van der Waals surface area contributed by atoms with Gasteiger partial charge < -0.3 is 9.32 Å². The van der Waals surface area contributed by atoms with Crippen molar-refractivity contribution >= 4 is 11.6 Å². The molecule has 1 unspecified atom stereocenters. The van der Waals surface area contributed by atoms with Crippen LogP contribution in [0.4, 0.5) is 5.69 Å². The van der Waals surface area contributed by atoms with Gasteiger partial charge in [0, 0.05) is 43.9 Å². The molecule has 1 amide bonds. The van der Waals surface area contributed by atoms with Gasteiger partial charge in [0.15, 0.2) is 0 Å². The smallest absolute Gasteiger partial charge is 0.269 e. The second kappa shape index (κ2) is 9.27. The fourth-order valence-corrected chi connectivity index (χ4v) is 3.75. The highest BCUT2D eigenvalue weighted by atomic mass is 16.6. The molecule has 1 aliphatic heterocycles.